The van der Waals surface area contributed by atoms with Crippen molar-refractivity contribution in [1.29, 1.82) is 0 Å². The molecule has 36 heavy (non-hydrogen) atoms. The maximum absolute atomic E-state index is 12.4. The van der Waals surface area contributed by atoms with Crippen LogP contribution in [0.5, 0.6) is 0 Å². The molecule has 0 aromatic heterocycles. The third kappa shape index (κ3) is 8.92. The van der Waals surface area contributed by atoms with Gasteiger partial charge in [-0.1, -0.05) is 18.2 Å². The second-order valence-corrected chi connectivity index (χ2v) is 8.56. The van der Waals surface area contributed by atoms with Gasteiger partial charge in [-0.05, 0) is 67.2 Å². The maximum Gasteiger partial charge on any atom is 0.411 e. The maximum atomic E-state index is 12.4. The van der Waals surface area contributed by atoms with Crippen LogP contribution in [0.25, 0.3) is 6.08 Å². The molecule has 1 aliphatic carbocycles. The summed E-state index contributed by atoms with van der Waals surface area (Å²) in [5, 5.41) is 0. The number of nitrogens with two attached hydrogens (primary N) is 2. The molecule has 0 spiro atoms. The number of benzene rings is 2. The van der Waals surface area contributed by atoms with Gasteiger partial charge in [0.15, 0.2) is 0 Å². The van der Waals surface area contributed by atoms with E-state index in [2.05, 4.69) is 0 Å². The molecule has 10 heteroatoms. The van der Waals surface area contributed by atoms with Crippen LogP contribution >= 0.6 is 0 Å². The normalized spacial score (nSPS) is 18.2. The molecule has 194 valence electrons. The van der Waals surface area contributed by atoms with Crippen LogP contribution in [0.3, 0.4) is 0 Å². The third-order valence-electron chi connectivity index (χ3n) is 5.72. The molecule has 0 aliphatic heterocycles. The summed E-state index contributed by atoms with van der Waals surface area (Å²) in [4.78, 5) is 24.4. The first-order chi connectivity index (χ1) is 17.1. The number of rotatable bonds is 9. The molecule has 0 atom stereocenters. The number of ether oxygens (including phenoxy) is 3. The van der Waals surface area contributed by atoms with Crippen LogP contribution in [0.2, 0.25) is 0 Å². The van der Waals surface area contributed by atoms with Crippen molar-refractivity contribution in [3.63, 3.8) is 0 Å². The number of esters is 2. The van der Waals surface area contributed by atoms with E-state index >= 15 is 0 Å². The molecule has 0 bridgehead atoms. The van der Waals surface area contributed by atoms with E-state index in [-0.39, 0.29) is 12.7 Å². The van der Waals surface area contributed by atoms with E-state index in [1.807, 2.05) is 0 Å². The minimum Gasteiger partial charge on any atom is -0.462 e. The van der Waals surface area contributed by atoms with Crippen molar-refractivity contribution in [2.24, 2.45) is 0 Å². The van der Waals surface area contributed by atoms with Gasteiger partial charge in [0.1, 0.15) is 12.7 Å². The monoisotopic (exact) mass is 506 g/mol. The molecule has 3 rings (SSSR count). The lowest BCUT2D eigenvalue weighted by Gasteiger charge is -2.28. The summed E-state index contributed by atoms with van der Waals surface area (Å²) in [7, 11) is 0. The number of halogens is 3. The largest absolute Gasteiger partial charge is 0.462 e. The van der Waals surface area contributed by atoms with Gasteiger partial charge < -0.3 is 25.7 Å². The highest BCUT2D eigenvalue weighted by molar-refractivity contribution is 5.90. The van der Waals surface area contributed by atoms with Crippen molar-refractivity contribution < 1.29 is 37.0 Å². The van der Waals surface area contributed by atoms with Crippen molar-refractivity contribution in [3.8, 4) is 0 Å². The van der Waals surface area contributed by atoms with Gasteiger partial charge in [-0.2, -0.15) is 13.2 Å². The average Bonchev–Trinajstić information content (AvgIpc) is 2.83. The van der Waals surface area contributed by atoms with Crippen molar-refractivity contribution in [1.82, 2.24) is 0 Å². The summed E-state index contributed by atoms with van der Waals surface area (Å²) < 4.78 is 52.3. The summed E-state index contributed by atoms with van der Waals surface area (Å²) in [5.41, 5.74) is 14.5. The number of carbonyl (C=O) groups excluding carboxylic acids is 2. The molecule has 2 aromatic rings. The molecule has 1 fully saturated rings. The zero-order valence-corrected chi connectivity index (χ0v) is 19.6. The number of carbonyl (C=O) groups is 2. The average molecular weight is 507 g/mol. The lowest BCUT2D eigenvalue weighted by Crippen LogP contribution is -2.30. The zero-order chi connectivity index (χ0) is 26.1. The van der Waals surface area contributed by atoms with E-state index in [1.54, 1.807) is 48.5 Å². The Balaban J connectivity index is 1.39. The van der Waals surface area contributed by atoms with Gasteiger partial charge in [-0.3, -0.25) is 0 Å². The van der Waals surface area contributed by atoms with E-state index in [0.717, 1.165) is 5.56 Å². The summed E-state index contributed by atoms with van der Waals surface area (Å²) in [5.74, 6) is -1.02. The van der Waals surface area contributed by atoms with Crippen molar-refractivity contribution >= 4 is 29.4 Å². The van der Waals surface area contributed by atoms with Crippen LogP contribution in [0.15, 0.2) is 48.5 Å². The van der Waals surface area contributed by atoms with Crippen LogP contribution < -0.4 is 11.5 Å². The topological polar surface area (TPSA) is 114 Å². The number of nitrogen functional groups attached to an aromatic ring is 2. The Kier molecular flexibility index (Phi) is 9.35. The van der Waals surface area contributed by atoms with Crippen LogP contribution in [-0.2, 0) is 25.4 Å². The fourth-order valence-electron chi connectivity index (χ4n) is 3.79. The number of hydrogen-bond acceptors (Lipinski definition) is 7. The molecule has 4 N–H and O–H groups in total. The SMILES string of the molecule is Nc1ccc(CCOC(=O)C=Cc2ccc(C(=O)OC3CCC(OCC(F)(F)F)CC3)cc2)c(N)c1. The Morgan fingerprint density at radius 3 is 2.28 bits per heavy atom. The van der Waals surface area contributed by atoms with E-state index in [4.69, 9.17) is 25.7 Å². The molecule has 1 aliphatic rings. The predicted octanol–water partition coefficient (Wildman–Crippen LogP) is 4.70. The van der Waals surface area contributed by atoms with Gasteiger partial charge in [-0.25, -0.2) is 9.59 Å². The molecular weight excluding hydrogens is 477 g/mol. The van der Waals surface area contributed by atoms with Gasteiger partial charge in [-0.15, -0.1) is 0 Å². The highest BCUT2D eigenvalue weighted by Gasteiger charge is 2.31. The fraction of sp³-hybridized carbons (Fsp3) is 0.385. The number of hydrogen-bond donors (Lipinski definition) is 2. The third-order valence-corrected chi connectivity index (χ3v) is 5.72. The highest BCUT2D eigenvalue weighted by Crippen LogP contribution is 2.26. The van der Waals surface area contributed by atoms with Gasteiger partial charge in [0, 0.05) is 23.9 Å². The van der Waals surface area contributed by atoms with Gasteiger partial charge >= 0.3 is 18.1 Å². The first-order valence-electron chi connectivity index (χ1n) is 11.6. The summed E-state index contributed by atoms with van der Waals surface area (Å²) in [6.07, 6.45) is -0.164. The van der Waals surface area contributed by atoms with Gasteiger partial charge in [0.25, 0.3) is 0 Å². The zero-order valence-electron chi connectivity index (χ0n) is 19.6. The summed E-state index contributed by atoms with van der Waals surface area (Å²) >= 11 is 0. The smallest absolute Gasteiger partial charge is 0.411 e. The van der Waals surface area contributed by atoms with Gasteiger partial charge in [0.2, 0.25) is 0 Å². The van der Waals surface area contributed by atoms with E-state index < -0.39 is 30.8 Å². The minimum atomic E-state index is -4.35. The molecular formula is C26H29F3N2O5. The van der Waals surface area contributed by atoms with Crippen LogP contribution in [0.4, 0.5) is 24.5 Å². The Morgan fingerprint density at radius 2 is 1.64 bits per heavy atom. The molecule has 1 saturated carbocycles. The predicted molar refractivity (Wildman–Crippen MR) is 129 cm³/mol. The second-order valence-electron chi connectivity index (χ2n) is 8.56. The van der Waals surface area contributed by atoms with Crippen molar-refractivity contribution in [2.75, 3.05) is 24.7 Å². The molecule has 2 aromatic carbocycles. The van der Waals surface area contributed by atoms with Crippen molar-refractivity contribution in [3.05, 3.63) is 65.2 Å². The molecule has 0 saturated heterocycles. The molecule has 0 radical (unpaired) electrons. The van der Waals surface area contributed by atoms with E-state index in [0.29, 0.717) is 54.6 Å². The van der Waals surface area contributed by atoms with E-state index in [1.165, 1.54) is 6.08 Å². The van der Waals surface area contributed by atoms with Crippen LogP contribution in [0, 0.1) is 0 Å². The highest BCUT2D eigenvalue weighted by atomic mass is 19.4. The quantitative estimate of drug-likeness (QED) is 0.288. The first-order valence-corrected chi connectivity index (χ1v) is 11.6. The van der Waals surface area contributed by atoms with Gasteiger partial charge in [0.05, 0.1) is 18.3 Å². The summed E-state index contributed by atoms with van der Waals surface area (Å²) in [6.45, 7) is -1.10. The fourth-order valence-corrected chi connectivity index (χ4v) is 3.79. The lowest BCUT2D eigenvalue weighted by atomic mass is 9.95. The lowest BCUT2D eigenvalue weighted by molar-refractivity contribution is -0.189. The van der Waals surface area contributed by atoms with Crippen LogP contribution in [-0.4, -0.2) is 43.5 Å². The number of alkyl halides is 3. The van der Waals surface area contributed by atoms with Crippen LogP contribution in [0.1, 0.15) is 47.2 Å². The minimum absolute atomic E-state index is 0.165. The Bertz CT molecular complexity index is 1060. The molecule has 7 nitrogen and oxygen atoms in total. The first kappa shape index (κ1) is 27.1. The molecule has 0 amide bonds. The molecule has 0 unspecified atom stereocenters. The Hall–Kier alpha value is -3.53. The molecule has 0 heterocycles. The van der Waals surface area contributed by atoms with Crippen molar-refractivity contribution in [2.45, 2.75) is 50.5 Å². The number of anilines is 2. The Morgan fingerprint density at radius 1 is 0.972 bits per heavy atom. The summed E-state index contributed by atoms with van der Waals surface area (Å²) in [6, 6.07) is 11.7. The van der Waals surface area contributed by atoms with E-state index in [9.17, 15) is 22.8 Å². The Labute approximate surface area is 207 Å². The standard InChI is InChI=1S/C26H29F3N2O5/c27-26(28,29)16-35-21-8-10-22(11-9-21)36-25(33)19-4-1-17(2-5-19)3-12-24(32)34-14-13-18-6-7-20(30)15-23(18)31/h1-7,12,15,21-22H,8-11,13-14,16,30-31H2. The second kappa shape index (κ2) is 12.4.